The highest BCUT2D eigenvalue weighted by molar-refractivity contribution is 6.32. The lowest BCUT2D eigenvalue weighted by Gasteiger charge is -2.09. The van der Waals surface area contributed by atoms with Crippen LogP contribution in [0, 0.1) is 0 Å². The smallest absolute Gasteiger partial charge is 0.416 e. The number of aromatic nitrogens is 2. The topological polar surface area (TPSA) is 52.1 Å². The Kier molecular flexibility index (Phi) is 4.34. The third-order valence-electron chi connectivity index (χ3n) is 3.53. The maximum Gasteiger partial charge on any atom is 0.416 e. The van der Waals surface area contributed by atoms with Crippen LogP contribution in [-0.2, 0) is 10.9 Å². The molecule has 0 aliphatic carbocycles. The van der Waals surface area contributed by atoms with Crippen LogP contribution in [0.2, 0.25) is 5.15 Å². The molecular weight excluding hydrogens is 357 g/mol. The zero-order valence-electron chi connectivity index (χ0n) is 12.8. The van der Waals surface area contributed by atoms with Gasteiger partial charge in [-0.1, -0.05) is 23.7 Å². The van der Waals surface area contributed by atoms with E-state index in [0.29, 0.717) is 22.2 Å². The number of hydrogen-bond donors (Lipinski definition) is 0. The van der Waals surface area contributed by atoms with E-state index >= 15 is 0 Å². The van der Waals surface area contributed by atoms with E-state index in [2.05, 4.69) is 14.7 Å². The van der Waals surface area contributed by atoms with Crippen LogP contribution in [0.4, 0.5) is 13.2 Å². The molecular formula is C17H10ClF3N2O2. The van der Waals surface area contributed by atoms with E-state index in [1.165, 1.54) is 31.4 Å². The zero-order chi connectivity index (χ0) is 18.2. The second-order valence-corrected chi connectivity index (χ2v) is 5.49. The summed E-state index contributed by atoms with van der Waals surface area (Å²) in [6.45, 7) is 0. The van der Waals surface area contributed by atoms with E-state index < -0.39 is 17.7 Å². The minimum atomic E-state index is -4.42. The molecule has 0 saturated heterocycles. The van der Waals surface area contributed by atoms with Gasteiger partial charge in [0.1, 0.15) is 5.69 Å². The predicted molar refractivity (Wildman–Crippen MR) is 86.3 cm³/mol. The molecule has 0 radical (unpaired) electrons. The fraction of sp³-hybridized carbons (Fsp3) is 0.118. The minimum Gasteiger partial charge on any atom is -0.465 e. The normalized spacial score (nSPS) is 11.6. The molecule has 3 rings (SSSR count). The molecule has 0 fully saturated rings. The van der Waals surface area contributed by atoms with E-state index in [0.717, 1.165) is 12.1 Å². The summed E-state index contributed by atoms with van der Waals surface area (Å²) in [5.41, 5.74) is 1.03. The highest BCUT2D eigenvalue weighted by Crippen LogP contribution is 2.32. The molecule has 0 unspecified atom stereocenters. The molecule has 128 valence electrons. The third-order valence-corrected chi connectivity index (χ3v) is 3.79. The van der Waals surface area contributed by atoms with Gasteiger partial charge in [0.2, 0.25) is 0 Å². The summed E-state index contributed by atoms with van der Waals surface area (Å²) in [6.07, 6.45) is -4.42. The van der Waals surface area contributed by atoms with Crippen molar-refractivity contribution in [3.8, 4) is 11.3 Å². The highest BCUT2D eigenvalue weighted by atomic mass is 35.5. The number of nitrogens with zero attached hydrogens (tertiary/aromatic N) is 2. The maximum atomic E-state index is 12.7. The predicted octanol–water partition coefficient (Wildman–Crippen LogP) is 4.76. The first-order valence-electron chi connectivity index (χ1n) is 7.03. The van der Waals surface area contributed by atoms with Crippen molar-refractivity contribution in [3.05, 3.63) is 58.7 Å². The van der Waals surface area contributed by atoms with Gasteiger partial charge in [-0.3, -0.25) is 0 Å². The third kappa shape index (κ3) is 3.41. The van der Waals surface area contributed by atoms with Crippen LogP contribution >= 0.6 is 11.6 Å². The Labute approximate surface area is 145 Å². The number of rotatable bonds is 2. The van der Waals surface area contributed by atoms with Gasteiger partial charge in [-0.2, -0.15) is 13.2 Å². The summed E-state index contributed by atoms with van der Waals surface area (Å²) in [4.78, 5) is 20.1. The summed E-state index contributed by atoms with van der Waals surface area (Å²) < 4.78 is 42.6. The second-order valence-electron chi connectivity index (χ2n) is 5.13. The number of fused-ring (bicyclic) bond motifs is 1. The van der Waals surface area contributed by atoms with Gasteiger partial charge in [-0.25, -0.2) is 14.8 Å². The fourth-order valence-electron chi connectivity index (χ4n) is 2.28. The SMILES string of the molecule is COC(=O)c1ccc2nc(-c3ccc(C(F)(F)F)cc3)c(Cl)nc2c1. The van der Waals surface area contributed by atoms with Crippen molar-refractivity contribution in [1.29, 1.82) is 0 Å². The lowest BCUT2D eigenvalue weighted by atomic mass is 10.1. The number of hydrogen-bond acceptors (Lipinski definition) is 4. The molecule has 25 heavy (non-hydrogen) atoms. The number of carbonyl (C=O) groups is 1. The largest absolute Gasteiger partial charge is 0.465 e. The molecule has 0 aliphatic rings. The Morgan fingerprint density at radius 2 is 1.72 bits per heavy atom. The molecule has 3 aromatic rings. The van der Waals surface area contributed by atoms with Crippen molar-refractivity contribution in [2.24, 2.45) is 0 Å². The van der Waals surface area contributed by atoms with Crippen molar-refractivity contribution >= 4 is 28.6 Å². The second kappa shape index (κ2) is 6.33. The van der Waals surface area contributed by atoms with Crippen molar-refractivity contribution in [3.63, 3.8) is 0 Å². The Hall–Kier alpha value is -2.67. The number of methoxy groups -OCH3 is 1. The number of halogens is 4. The van der Waals surface area contributed by atoms with Crippen LogP contribution in [-0.4, -0.2) is 23.0 Å². The summed E-state index contributed by atoms with van der Waals surface area (Å²) in [7, 11) is 1.26. The average Bonchev–Trinajstić information content (AvgIpc) is 2.59. The Balaban J connectivity index is 2.05. The van der Waals surface area contributed by atoms with Gasteiger partial charge < -0.3 is 4.74 Å². The summed E-state index contributed by atoms with van der Waals surface area (Å²) in [6, 6.07) is 9.05. The number of alkyl halides is 3. The Morgan fingerprint density at radius 3 is 2.32 bits per heavy atom. The van der Waals surface area contributed by atoms with Crippen LogP contribution in [0.3, 0.4) is 0 Å². The molecule has 1 heterocycles. The van der Waals surface area contributed by atoms with Crippen LogP contribution in [0.15, 0.2) is 42.5 Å². The van der Waals surface area contributed by atoms with Crippen molar-refractivity contribution in [2.75, 3.05) is 7.11 Å². The molecule has 0 N–H and O–H groups in total. The van der Waals surface area contributed by atoms with Gasteiger partial charge in [0.05, 0.1) is 29.3 Å². The van der Waals surface area contributed by atoms with Crippen molar-refractivity contribution in [2.45, 2.75) is 6.18 Å². The average molecular weight is 367 g/mol. The molecule has 2 aromatic carbocycles. The number of benzene rings is 2. The first-order chi connectivity index (χ1) is 11.8. The monoisotopic (exact) mass is 366 g/mol. The van der Waals surface area contributed by atoms with E-state index in [4.69, 9.17) is 11.6 Å². The van der Waals surface area contributed by atoms with E-state index in [1.807, 2.05) is 0 Å². The van der Waals surface area contributed by atoms with Gasteiger partial charge in [0, 0.05) is 5.56 Å². The number of ether oxygens (including phenoxy) is 1. The van der Waals surface area contributed by atoms with Gasteiger partial charge in [-0.15, -0.1) is 0 Å². The highest BCUT2D eigenvalue weighted by Gasteiger charge is 2.30. The van der Waals surface area contributed by atoms with Crippen LogP contribution in [0.1, 0.15) is 15.9 Å². The minimum absolute atomic E-state index is 0.0225. The lowest BCUT2D eigenvalue weighted by Crippen LogP contribution is -2.04. The molecule has 0 spiro atoms. The molecule has 1 aromatic heterocycles. The molecule has 0 amide bonds. The summed E-state index contributed by atoms with van der Waals surface area (Å²) >= 11 is 6.12. The van der Waals surface area contributed by atoms with E-state index in [1.54, 1.807) is 6.07 Å². The maximum absolute atomic E-state index is 12.7. The summed E-state index contributed by atoms with van der Waals surface area (Å²) in [5.74, 6) is -0.522. The molecule has 8 heteroatoms. The molecule has 0 bridgehead atoms. The molecule has 0 saturated carbocycles. The Bertz CT molecular complexity index is 957. The van der Waals surface area contributed by atoms with Crippen LogP contribution in [0.5, 0.6) is 0 Å². The Morgan fingerprint density at radius 1 is 1.04 bits per heavy atom. The standard InChI is InChI=1S/C17H10ClF3N2O2/c1-25-16(24)10-4-7-12-13(8-10)23-15(18)14(22-12)9-2-5-11(6-3-9)17(19,20)21/h2-8H,1H3. The van der Waals surface area contributed by atoms with Crippen LogP contribution < -0.4 is 0 Å². The molecule has 4 nitrogen and oxygen atoms in total. The first-order valence-corrected chi connectivity index (χ1v) is 7.40. The summed E-state index contributed by atoms with van der Waals surface area (Å²) in [5, 5.41) is 0.0225. The number of esters is 1. The van der Waals surface area contributed by atoms with Crippen LogP contribution in [0.25, 0.3) is 22.3 Å². The van der Waals surface area contributed by atoms with Crippen molar-refractivity contribution in [1.82, 2.24) is 9.97 Å². The first kappa shape index (κ1) is 17.2. The van der Waals surface area contributed by atoms with Crippen molar-refractivity contribution < 1.29 is 22.7 Å². The van der Waals surface area contributed by atoms with Gasteiger partial charge in [0.25, 0.3) is 0 Å². The van der Waals surface area contributed by atoms with Gasteiger partial charge in [-0.05, 0) is 30.3 Å². The van der Waals surface area contributed by atoms with E-state index in [9.17, 15) is 18.0 Å². The van der Waals surface area contributed by atoms with Gasteiger partial charge >= 0.3 is 12.1 Å². The molecule has 0 atom stereocenters. The van der Waals surface area contributed by atoms with E-state index in [-0.39, 0.29) is 10.8 Å². The quantitative estimate of drug-likeness (QED) is 0.614. The number of carbonyl (C=O) groups excluding carboxylic acids is 1. The molecule has 0 aliphatic heterocycles. The fourth-order valence-corrected chi connectivity index (χ4v) is 2.52. The zero-order valence-corrected chi connectivity index (χ0v) is 13.5. The lowest BCUT2D eigenvalue weighted by molar-refractivity contribution is -0.137. The van der Waals surface area contributed by atoms with Gasteiger partial charge in [0.15, 0.2) is 5.15 Å².